The molecule has 0 aromatic heterocycles. The van der Waals surface area contributed by atoms with E-state index in [1.165, 1.54) is 14.2 Å². The average Bonchev–Trinajstić information content (AvgIpc) is 2.54. The van der Waals surface area contributed by atoms with Gasteiger partial charge in [0, 0.05) is 12.8 Å². The summed E-state index contributed by atoms with van der Waals surface area (Å²) < 4.78 is 9.05. The molecular weight excluding hydrogens is 200 g/mol. The topological polar surface area (TPSA) is 69.7 Å². The normalized spacial score (nSPS) is 18.8. The summed E-state index contributed by atoms with van der Waals surface area (Å²) in [6.45, 7) is 3.50. The molecule has 1 rings (SSSR count). The van der Waals surface area contributed by atoms with E-state index in [-0.39, 0.29) is 24.2 Å². The number of rotatable bonds is 2. The lowest BCUT2D eigenvalue weighted by Crippen LogP contribution is -2.39. The van der Waals surface area contributed by atoms with Crippen LogP contribution in [0.4, 0.5) is 0 Å². The fraction of sp³-hybridized carbons (Fsp3) is 0.500. The van der Waals surface area contributed by atoms with Gasteiger partial charge in [-0.1, -0.05) is 6.58 Å². The van der Waals surface area contributed by atoms with Gasteiger partial charge in [0.05, 0.1) is 14.2 Å². The van der Waals surface area contributed by atoms with E-state index in [4.69, 9.17) is 0 Å². The highest BCUT2D eigenvalue weighted by Gasteiger charge is 2.55. The minimum Gasteiger partial charge on any atom is -0.468 e. The zero-order valence-corrected chi connectivity index (χ0v) is 8.66. The van der Waals surface area contributed by atoms with Gasteiger partial charge in [-0.05, 0) is 5.57 Å². The van der Waals surface area contributed by atoms with E-state index < -0.39 is 17.4 Å². The predicted octanol–water partition coefficient (Wildman–Crippen LogP) is 0.238. The van der Waals surface area contributed by atoms with Crippen molar-refractivity contribution >= 4 is 17.7 Å². The molecule has 0 aromatic carbocycles. The molecule has 0 saturated heterocycles. The highest BCUT2D eigenvalue weighted by molar-refractivity contribution is 6.11. The number of carbonyl (C=O) groups is 3. The summed E-state index contributed by atoms with van der Waals surface area (Å²) in [6, 6.07) is 0. The third kappa shape index (κ3) is 1.65. The molecule has 5 heteroatoms. The fourth-order valence-corrected chi connectivity index (χ4v) is 1.69. The molecule has 0 unspecified atom stereocenters. The van der Waals surface area contributed by atoms with Crippen molar-refractivity contribution in [2.24, 2.45) is 5.41 Å². The smallest absolute Gasteiger partial charge is 0.324 e. The Morgan fingerprint density at radius 1 is 1.20 bits per heavy atom. The molecule has 0 radical (unpaired) electrons. The maximum atomic E-state index is 11.5. The number of esters is 2. The Hall–Kier alpha value is -1.65. The molecule has 82 valence electrons. The lowest BCUT2D eigenvalue weighted by Gasteiger charge is -2.21. The first-order valence-electron chi connectivity index (χ1n) is 4.35. The minimum absolute atomic E-state index is 0.0226. The van der Waals surface area contributed by atoms with E-state index in [1.54, 1.807) is 0 Å². The molecule has 1 aliphatic carbocycles. The van der Waals surface area contributed by atoms with Gasteiger partial charge in [-0.15, -0.1) is 0 Å². The Balaban J connectivity index is 3.10. The third-order valence-electron chi connectivity index (χ3n) is 2.52. The van der Waals surface area contributed by atoms with E-state index in [9.17, 15) is 14.4 Å². The average molecular weight is 212 g/mol. The number of Topliss-reactive ketones (excluding diaryl/α,β-unsaturated/α-hetero) is 1. The minimum atomic E-state index is -1.52. The maximum Gasteiger partial charge on any atom is 0.324 e. The number of hydrogen-bond acceptors (Lipinski definition) is 5. The fourth-order valence-electron chi connectivity index (χ4n) is 1.69. The van der Waals surface area contributed by atoms with Gasteiger partial charge >= 0.3 is 11.9 Å². The summed E-state index contributed by atoms with van der Waals surface area (Å²) in [5, 5.41) is 0. The second-order valence-corrected chi connectivity index (χ2v) is 3.45. The van der Waals surface area contributed by atoms with Crippen molar-refractivity contribution in [3.8, 4) is 0 Å². The van der Waals surface area contributed by atoms with Crippen molar-refractivity contribution in [3.05, 3.63) is 12.2 Å². The Kier molecular flexibility index (Phi) is 2.93. The number of allylic oxidation sites excluding steroid dienone is 1. The molecule has 0 spiro atoms. The van der Waals surface area contributed by atoms with Crippen LogP contribution in [0.5, 0.6) is 0 Å². The number of methoxy groups -OCH3 is 2. The van der Waals surface area contributed by atoms with Crippen molar-refractivity contribution in [2.45, 2.75) is 12.8 Å². The Bertz CT molecular complexity index is 308. The van der Waals surface area contributed by atoms with Crippen molar-refractivity contribution in [3.63, 3.8) is 0 Å². The van der Waals surface area contributed by atoms with Crippen molar-refractivity contribution < 1.29 is 23.9 Å². The number of carbonyl (C=O) groups excluding carboxylic acids is 3. The van der Waals surface area contributed by atoms with Gasteiger partial charge in [-0.25, -0.2) is 0 Å². The van der Waals surface area contributed by atoms with Gasteiger partial charge in [0.2, 0.25) is 0 Å². The molecule has 1 fully saturated rings. The highest BCUT2D eigenvalue weighted by Crippen LogP contribution is 2.40. The first-order chi connectivity index (χ1) is 6.97. The van der Waals surface area contributed by atoms with Crippen LogP contribution in [0.25, 0.3) is 0 Å². The molecule has 5 nitrogen and oxygen atoms in total. The molecule has 0 aromatic rings. The first-order valence-corrected chi connectivity index (χ1v) is 4.35. The van der Waals surface area contributed by atoms with Crippen LogP contribution in [0, 0.1) is 5.41 Å². The van der Waals surface area contributed by atoms with Gasteiger partial charge in [0.15, 0.2) is 11.2 Å². The lowest BCUT2D eigenvalue weighted by molar-refractivity contribution is -0.169. The zero-order valence-electron chi connectivity index (χ0n) is 8.66. The summed E-state index contributed by atoms with van der Waals surface area (Å²) in [5.41, 5.74) is -1.26. The van der Waals surface area contributed by atoms with Gasteiger partial charge in [-0.3, -0.25) is 14.4 Å². The van der Waals surface area contributed by atoms with E-state index in [0.29, 0.717) is 0 Å². The van der Waals surface area contributed by atoms with Gasteiger partial charge < -0.3 is 9.47 Å². The molecule has 0 aliphatic heterocycles. The van der Waals surface area contributed by atoms with E-state index in [2.05, 4.69) is 16.1 Å². The molecule has 1 aliphatic rings. The molecule has 15 heavy (non-hydrogen) atoms. The predicted molar refractivity (Wildman–Crippen MR) is 49.8 cm³/mol. The van der Waals surface area contributed by atoms with E-state index in [1.807, 2.05) is 0 Å². The van der Waals surface area contributed by atoms with Gasteiger partial charge in [0.25, 0.3) is 0 Å². The Labute approximate surface area is 87.0 Å². The van der Waals surface area contributed by atoms with Crippen LogP contribution in [-0.2, 0) is 23.9 Å². The maximum absolute atomic E-state index is 11.5. The van der Waals surface area contributed by atoms with E-state index in [0.717, 1.165) is 0 Å². The number of ketones is 1. The van der Waals surface area contributed by atoms with Crippen LogP contribution in [-0.4, -0.2) is 31.9 Å². The standard InChI is InChI=1S/C10H12O5/c1-6-4-10(5-7(6)11,8(12)14-2)9(13)15-3/h1,4-5H2,2-3H3. The Morgan fingerprint density at radius 3 is 1.93 bits per heavy atom. The second-order valence-electron chi connectivity index (χ2n) is 3.45. The molecular formula is C10H12O5. The lowest BCUT2D eigenvalue weighted by atomic mass is 9.86. The molecule has 0 atom stereocenters. The van der Waals surface area contributed by atoms with E-state index >= 15 is 0 Å². The van der Waals surface area contributed by atoms with Crippen molar-refractivity contribution in [1.29, 1.82) is 0 Å². The summed E-state index contributed by atoms with van der Waals surface area (Å²) >= 11 is 0. The molecule has 0 bridgehead atoms. The van der Waals surface area contributed by atoms with Gasteiger partial charge in [-0.2, -0.15) is 0 Å². The van der Waals surface area contributed by atoms with Crippen LogP contribution >= 0.6 is 0 Å². The molecule has 0 N–H and O–H groups in total. The number of hydrogen-bond donors (Lipinski definition) is 0. The van der Waals surface area contributed by atoms with Crippen LogP contribution < -0.4 is 0 Å². The monoisotopic (exact) mass is 212 g/mol. The van der Waals surface area contributed by atoms with Gasteiger partial charge in [0.1, 0.15) is 0 Å². The first kappa shape index (κ1) is 11.4. The molecule has 0 heterocycles. The second kappa shape index (κ2) is 3.84. The summed E-state index contributed by atoms with van der Waals surface area (Å²) in [5.74, 6) is -1.80. The SMILES string of the molecule is C=C1CC(C(=O)OC)(C(=O)OC)CC1=O. The zero-order chi connectivity index (χ0) is 11.6. The van der Waals surface area contributed by atoms with Crippen LogP contribution in [0.1, 0.15) is 12.8 Å². The summed E-state index contributed by atoms with van der Waals surface area (Å²) in [4.78, 5) is 34.3. The van der Waals surface area contributed by atoms with Crippen molar-refractivity contribution in [2.75, 3.05) is 14.2 Å². The van der Waals surface area contributed by atoms with Crippen LogP contribution in [0.3, 0.4) is 0 Å². The summed E-state index contributed by atoms with van der Waals surface area (Å²) in [6.07, 6.45) is -0.240. The quantitative estimate of drug-likeness (QED) is 0.372. The highest BCUT2D eigenvalue weighted by atomic mass is 16.5. The molecule has 0 amide bonds. The number of ether oxygens (including phenoxy) is 2. The third-order valence-corrected chi connectivity index (χ3v) is 2.52. The van der Waals surface area contributed by atoms with Crippen LogP contribution in [0.2, 0.25) is 0 Å². The molecule has 1 saturated carbocycles. The summed E-state index contributed by atoms with van der Waals surface area (Å²) in [7, 11) is 2.33. The Morgan fingerprint density at radius 2 is 1.67 bits per heavy atom. The largest absolute Gasteiger partial charge is 0.468 e. The van der Waals surface area contributed by atoms with Crippen LogP contribution in [0.15, 0.2) is 12.2 Å². The van der Waals surface area contributed by atoms with Crippen molar-refractivity contribution in [1.82, 2.24) is 0 Å².